The lowest BCUT2D eigenvalue weighted by Crippen LogP contribution is -2.40. The van der Waals surface area contributed by atoms with Crippen molar-refractivity contribution in [3.63, 3.8) is 0 Å². The number of carboxylic acid groups (broad SMARTS) is 2. The molecule has 2 N–H and O–H groups in total. The molecule has 0 aromatic rings. The summed E-state index contributed by atoms with van der Waals surface area (Å²) in [5, 5.41) is 17.9. The van der Waals surface area contributed by atoms with E-state index in [9.17, 15) is 9.59 Å². The van der Waals surface area contributed by atoms with Crippen molar-refractivity contribution in [2.75, 3.05) is 0 Å². The van der Waals surface area contributed by atoms with Crippen LogP contribution >= 0.6 is 0 Å². The highest BCUT2D eigenvalue weighted by Gasteiger charge is 2.44. The van der Waals surface area contributed by atoms with Crippen LogP contribution in [0.4, 0.5) is 0 Å². The molecule has 0 amide bonds. The van der Waals surface area contributed by atoms with Crippen LogP contribution in [0.1, 0.15) is 33.1 Å². The third-order valence-corrected chi connectivity index (χ3v) is 3.58. The highest BCUT2D eigenvalue weighted by Crippen LogP contribution is 2.43. The number of carbonyl (C=O) groups is 2. The minimum Gasteiger partial charge on any atom is -0.481 e. The average molecular weight is 200 g/mol. The Morgan fingerprint density at radius 1 is 1.36 bits per heavy atom. The first-order valence-electron chi connectivity index (χ1n) is 4.84. The van der Waals surface area contributed by atoms with Gasteiger partial charge in [-0.05, 0) is 32.1 Å². The minimum atomic E-state index is -0.811. The molecule has 0 aliphatic heterocycles. The lowest BCUT2D eigenvalue weighted by Gasteiger charge is -2.38. The van der Waals surface area contributed by atoms with E-state index in [1.54, 1.807) is 6.92 Å². The molecule has 80 valence electrons. The number of carboxylic acids is 2. The van der Waals surface area contributed by atoms with Gasteiger partial charge in [-0.3, -0.25) is 9.59 Å². The van der Waals surface area contributed by atoms with Gasteiger partial charge < -0.3 is 10.2 Å². The molecule has 4 heteroatoms. The smallest absolute Gasteiger partial charge is 0.309 e. The molecule has 3 atom stereocenters. The van der Waals surface area contributed by atoms with Crippen molar-refractivity contribution in [3.05, 3.63) is 0 Å². The van der Waals surface area contributed by atoms with Gasteiger partial charge in [0.05, 0.1) is 11.3 Å². The van der Waals surface area contributed by atoms with Crippen LogP contribution in [-0.4, -0.2) is 22.2 Å². The van der Waals surface area contributed by atoms with Gasteiger partial charge in [0.25, 0.3) is 0 Å². The standard InChI is InChI=1S/C10H16O4/c1-6-5-7(8(11)12)3-4-10(6,2)9(13)14/h6-7H,3-5H2,1-2H3,(H,11,12)(H,13,14)/t6-,7?,10+/m0/s1. The molecule has 14 heavy (non-hydrogen) atoms. The third-order valence-electron chi connectivity index (χ3n) is 3.58. The molecule has 0 aromatic carbocycles. The van der Waals surface area contributed by atoms with E-state index < -0.39 is 17.4 Å². The van der Waals surface area contributed by atoms with Crippen molar-refractivity contribution >= 4 is 11.9 Å². The summed E-state index contributed by atoms with van der Waals surface area (Å²) in [7, 11) is 0. The van der Waals surface area contributed by atoms with Crippen molar-refractivity contribution in [2.24, 2.45) is 17.3 Å². The van der Waals surface area contributed by atoms with Crippen LogP contribution in [-0.2, 0) is 9.59 Å². The summed E-state index contributed by atoms with van der Waals surface area (Å²) < 4.78 is 0. The first-order chi connectivity index (χ1) is 6.38. The molecule has 1 unspecified atom stereocenters. The monoisotopic (exact) mass is 200 g/mol. The Labute approximate surface area is 82.9 Å². The van der Waals surface area contributed by atoms with Crippen LogP contribution in [0.3, 0.4) is 0 Å². The third kappa shape index (κ3) is 1.74. The van der Waals surface area contributed by atoms with E-state index >= 15 is 0 Å². The van der Waals surface area contributed by atoms with Crippen LogP contribution in [0.25, 0.3) is 0 Å². The van der Waals surface area contributed by atoms with Gasteiger partial charge in [0.2, 0.25) is 0 Å². The molecule has 0 bridgehead atoms. The zero-order chi connectivity index (χ0) is 10.9. The van der Waals surface area contributed by atoms with E-state index in [0.29, 0.717) is 19.3 Å². The average Bonchev–Trinajstić information content (AvgIpc) is 2.09. The van der Waals surface area contributed by atoms with Crippen molar-refractivity contribution in [1.82, 2.24) is 0 Å². The number of aliphatic carboxylic acids is 2. The maximum absolute atomic E-state index is 11.0. The fourth-order valence-corrected chi connectivity index (χ4v) is 2.07. The van der Waals surface area contributed by atoms with Crippen LogP contribution in [0, 0.1) is 17.3 Å². The molecule has 1 aliphatic rings. The molecule has 0 radical (unpaired) electrons. The molecule has 1 aliphatic carbocycles. The summed E-state index contributed by atoms with van der Waals surface area (Å²) in [6.07, 6.45) is 1.40. The highest BCUT2D eigenvalue weighted by molar-refractivity contribution is 5.76. The molecule has 0 saturated heterocycles. The van der Waals surface area contributed by atoms with Crippen molar-refractivity contribution in [2.45, 2.75) is 33.1 Å². The van der Waals surface area contributed by atoms with Gasteiger partial charge in [0, 0.05) is 0 Å². The molecule has 1 saturated carbocycles. The Bertz CT molecular complexity index is 261. The summed E-state index contributed by atoms with van der Waals surface area (Å²) in [6.45, 7) is 3.53. The molecule has 1 rings (SSSR count). The fraction of sp³-hybridized carbons (Fsp3) is 0.800. The molecule has 0 aromatic heterocycles. The van der Waals surface area contributed by atoms with Crippen LogP contribution in [0.15, 0.2) is 0 Å². The van der Waals surface area contributed by atoms with Gasteiger partial charge in [0.1, 0.15) is 0 Å². The maximum atomic E-state index is 11.0. The fourth-order valence-electron chi connectivity index (χ4n) is 2.07. The van der Waals surface area contributed by atoms with E-state index in [2.05, 4.69) is 0 Å². The Morgan fingerprint density at radius 2 is 1.93 bits per heavy atom. The molecular weight excluding hydrogens is 184 g/mol. The first kappa shape index (κ1) is 11.0. The molecule has 0 heterocycles. The number of hydrogen-bond donors (Lipinski definition) is 2. The van der Waals surface area contributed by atoms with Crippen molar-refractivity contribution in [3.8, 4) is 0 Å². The second-order valence-corrected chi connectivity index (χ2v) is 4.43. The first-order valence-corrected chi connectivity index (χ1v) is 4.84. The number of rotatable bonds is 2. The molecule has 4 nitrogen and oxygen atoms in total. The maximum Gasteiger partial charge on any atom is 0.309 e. The summed E-state index contributed by atoms with van der Waals surface area (Å²) in [5.41, 5.74) is -0.744. The van der Waals surface area contributed by atoms with E-state index in [1.165, 1.54) is 0 Å². The van der Waals surface area contributed by atoms with Gasteiger partial charge in [-0.2, -0.15) is 0 Å². The topological polar surface area (TPSA) is 74.6 Å². The Hall–Kier alpha value is -1.06. The summed E-state index contributed by atoms with van der Waals surface area (Å²) in [6, 6.07) is 0. The lowest BCUT2D eigenvalue weighted by atomic mass is 9.65. The van der Waals surface area contributed by atoms with E-state index in [0.717, 1.165) is 0 Å². The Balaban J connectivity index is 2.74. The zero-order valence-electron chi connectivity index (χ0n) is 8.49. The van der Waals surface area contributed by atoms with Gasteiger partial charge in [-0.25, -0.2) is 0 Å². The van der Waals surface area contributed by atoms with Gasteiger partial charge in [-0.1, -0.05) is 6.92 Å². The minimum absolute atomic E-state index is 0.0742. The zero-order valence-corrected chi connectivity index (χ0v) is 8.49. The van der Waals surface area contributed by atoms with Crippen molar-refractivity contribution in [1.29, 1.82) is 0 Å². The van der Waals surface area contributed by atoms with Crippen LogP contribution < -0.4 is 0 Å². The molecule has 0 spiro atoms. The largest absolute Gasteiger partial charge is 0.481 e. The Morgan fingerprint density at radius 3 is 2.29 bits per heavy atom. The van der Waals surface area contributed by atoms with Gasteiger partial charge >= 0.3 is 11.9 Å². The van der Waals surface area contributed by atoms with Crippen LogP contribution in [0.2, 0.25) is 0 Å². The predicted molar refractivity (Wildman–Crippen MR) is 49.9 cm³/mol. The van der Waals surface area contributed by atoms with Crippen molar-refractivity contribution < 1.29 is 19.8 Å². The highest BCUT2D eigenvalue weighted by atomic mass is 16.4. The molecular formula is C10H16O4. The second kappa shape index (κ2) is 3.59. The molecule has 1 fully saturated rings. The number of hydrogen-bond acceptors (Lipinski definition) is 2. The Kier molecular flexibility index (Phi) is 2.83. The summed E-state index contributed by atoms with van der Waals surface area (Å²) in [5.74, 6) is -2.05. The summed E-state index contributed by atoms with van der Waals surface area (Å²) in [4.78, 5) is 21.7. The lowest BCUT2D eigenvalue weighted by molar-refractivity contribution is -0.158. The predicted octanol–water partition coefficient (Wildman–Crippen LogP) is 1.60. The second-order valence-electron chi connectivity index (χ2n) is 4.43. The summed E-state index contributed by atoms with van der Waals surface area (Å²) >= 11 is 0. The van der Waals surface area contributed by atoms with Gasteiger partial charge in [-0.15, -0.1) is 0 Å². The van der Waals surface area contributed by atoms with Crippen LogP contribution in [0.5, 0.6) is 0 Å². The normalized spacial score (nSPS) is 37.9. The van der Waals surface area contributed by atoms with E-state index in [1.807, 2.05) is 6.92 Å². The van der Waals surface area contributed by atoms with E-state index in [4.69, 9.17) is 10.2 Å². The van der Waals surface area contributed by atoms with Gasteiger partial charge in [0.15, 0.2) is 0 Å². The van der Waals surface area contributed by atoms with E-state index in [-0.39, 0.29) is 11.8 Å². The SMILES string of the molecule is C[C@H]1CC(C(=O)O)CC[C@@]1(C)C(=O)O. The quantitative estimate of drug-likeness (QED) is 0.710.